The van der Waals surface area contributed by atoms with Gasteiger partial charge in [0.2, 0.25) is 5.89 Å². The molecule has 0 aliphatic carbocycles. The summed E-state index contributed by atoms with van der Waals surface area (Å²) in [5.41, 5.74) is 1.17. The van der Waals surface area contributed by atoms with Gasteiger partial charge in [-0.2, -0.15) is 4.98 Å². The molecule has 2 aromatic rings. The Bertz CT molecular complexity index is 526. The number of hydrogen-bond acceptors (Lipinski definition) is 5. The lowest BCUT2D eigenvalue weighted by Crippen LogP contribution is -2.21. The van der Waals surface area contributed by atoms with Crippen LogP contribution in [-0.4, -0.2) is 39.3 Å². The zero-order chi connectivity index (χ0) is 13.1. The summed E-state index contributed by atoms with van der Waals surface area (Å²) in [6.45, 7) is 2.20. The van der Waals surface area contributed by atoms with E-state index < -0.39 is 0 Å². The number of nitrogens with zero attached hydrogens (tertiary/aromatic N) is 3. The van der Waals surface area contributed by atoms with Gasteiger partial charge in [0.05, 0.1) is 12.6 Å². The monoisotopic (exact) mass is 259 g/mol. The van der Waals surface area contributed by atoms with Crippen molar-refractivity contribution in [2.24, 2.45) is 0 Å². The molecule has 1 unspecified atom stereocenters. The van der Waals surface area contributed by atoms with E-state index in [2.05, 4.69) is 15.0 Å². The molecule has 3 rings (SSSR count). The van der Waals surface area contributed by atoms with Crippen LogP contribution in [0.25, 0.3) is 0 Å². The van der Waals surface area contributed by atoms with Crippen LogP contribution in [0.5, 0.6) is 0 Å². The zero-order valence-electron chi connectivity index (χ0n) is 10.7. The molecule has 1 aromatic carbocycles. The molecule has 0 radical (unpaired) electrons. The van der Waals surface area contributed by atoms with E-state index >= 15 is 0 Å². The van der Waals surface area contributed by atoms with Crippen molar-refractivity contribution >= 4 is 0 Å². The maximum Gasteiger partial charge on any atom is 0.240 e. The Hall–Kier alpha value is -1.72. The summed E-state index contributed by atoms with van der Waals surface area (Å²) in [5.74, 6) is 1.33. The molecular weight excluding hydrogens is 242 g/mol. The number of likely N-dealkylation sites (tertiary alicyclic amines) is 1. The van der Waals surface area contributed by atoms with Crippen molar-refractivity contribution in [2.75, 3.05) is 13.1 Å². The summed E-state index contributed by atoms with van der Waals surface area (Å²) in [6.07, 6.45) is 1.30. The van der Waals surface area contributed by atoms with E-state index in [1.54, 1.807) is 0 Å². The summed E-state index contributed by atoms with van der Waals surface area (Å²) >= 11 is 0. The first-order valence-electron chi connectivity index (χ1n) is 6.55. The van der Waals surface area contributed by atoms with Crippen LogP contribution in [0.3, 0.4) is 0 Å². The van der Waals surface area contributed by atoms with Crippen molar-refractivity contribution in [1.29, 1.82) is 0 Å². The smallest absolute Gasteiger partial charge is 0.240 e. The summed E-state index contributed by atoms with van der Waals surface area (Å²) in [7, 11) is 0. The van der Waals surface area contributed by atoms with Gasteiger partial charge in [0, 0.05) is 19.5 Å². The van der Waals surface area contributed by atoms with Crippen LogP contribution < -0.4 is 0 Å². The molecule has 19 heavy (non-hydrogen) atoms. The molecule has 5 nitrogen and oxygen atoms in total. The lowest BCUT2D eigenvalue weighted by Gasteiger charge is -2.10. The highest BCUT2D eigenvalue weighted by molar-refractivity contribution is 5.18. The lowest BCUT2D eigenvalue weighted by molar-refractivity contribution is 0.169. The minimum atomic E-state index is -0.216. The van der Waals surface area contributed by atoms with Crippen LogP contribution >= 0.6 is 0 Å². The first kappa shape index (κ1) is 12.3. The van der Waals surface area contributed by atoms with Gasteiger partial charge < -0.3 is 9.63 Å². The van der Waals surface area contributed by atoms with Gasteiger partial charge in [0.1, 0.15) is 0 Å². The van der Waals surface area contributed by atoms with Gasteiger partial charge in [-0.15, -0.1) is 0 Å². The largest absolute Gasteiger partial charge is 0.392 e. The van der Waals surface area contributed by atoms with E-state index in [0.29, 0.717) is 31.2 Å². The second-order valence-electron chi connectivity index (χ2n) is 4.94. The summed E-state index contributed by atoms with van der Waals surface area (Å²) in [4.78, 5) is 6.52. The third kappa shape index (κ3) is 3.19. The molecule has 0 spiro atoms. The lowest BCUT2D eigenvalue weighted by atomic mass is 10.1. The summed E-state index contributed by atoms with van der Waals surface area (Å²) in [6, 6.07) is 10.1. The minimum absolute atomic E-state index is 0.216. The highest BCUT2D eigenvalue weighted by Gasteiger charge is 2.22. The second-order valence-corrected chi connectivity index (χ2v) is 4.94. The van der Waals surface area contributed by atoms with Gasteiger partial charge in [-0.1, -0.05) is 35.5 Å². The molecule has 1 fully saturated rings. The Balaban J connectivity index is 1.60. The third-order valence-electron chi connectivity index (χ3n) is 3.32. The molecule has 0 amide bonds. The van der Waals surface area contributed by atoms with Crippen molar-refractivity contribution < 1.29 is 9.63 Å². The van der Waals surface area contributed by atoms with E-state index in [0.717, 1.165) is 13.0 Å². The van der Waals surface area contributed by atoms with E-state index in [1.165, 1.54) is 5.56 Å². The fourth-order valence-electron chi connectivity index (χ4n) is 2.35. The topological polar surface area (TPSA) is 62.4 Å². The van der Waals surface area contributed by atoms with Crippen LogP contribution in [0.1, 0.15) is 23.7 Å². The summed E-state index contributed by atoms with van der Waals surface area (Å²) in [5, 5.41) is 13.5. The Morgan fingerprint density at radius 1 is 1.32 bits per heavy atom. The molecular formula is C14H17N3O2. The highest BCUT2D eigenvalue weighted by Crippen LogP contribution is 2.13. The molecule has 0 saturated carbocycles. The number of aromatic nitrogens is 2. The predicted octanol–water partition coefficient (Wildman–Crippen LogP) is 1.23. The zero-order valence-corrected chi connectivity index (χ0v) is 10.7. The quantitative estimate of drug-likeness (QED) is 0.894. The fraction of sp³-hybridized carbons (Fsp3) is 0.429. The van der Waals surface area contributed by atoms with Gasteiger partial charge in [0.25, 0.3) is 0 Å². The molecule has 1 aromatic heterocycles. The van der Waals surface area contributed by atoms with Gasteiger partial charge in [-0.05, 0) is 12.0 Å². The van der Waals surface area contributed by atoms with Crippen LogP contribution in [-0.2, 0) is 13.0 Å². The van der Waals surface area contributed by atoms with Crippen molar-refractivity contribution in [3.05, 3.63) is 47.6 Å². The van der Waals surface area contributed by atoms with E-state index in [-0.39, 0.29) is 6.10 Å². The number of aliphatic hydroxyl groups excluding tert-OH is 1. The maximum absolute atomic E-state index is 9.47. The van der Waals surface area contributed by atoms with Crippen LogP contribution in [0.4, 0.5) is 0 Å². The van der Waals surface area contributed by atoms with Crippen molar-refractivity contribution in [3.63, 3.8) is 0 Å². The molecule has 2 heterocycles. The number of benzene rings is 1. The molecule has 1 aliphatic heterocycles. The fourth-order valence-corrected chi connectivity index (χ4v) is 2.35. The molecule has 100 valence electrons. The molecule has 0 bridgehead atoms. The first-order chi connectivity index (χ1) is 9.29. The van der Waals surface area contributed by atoms with Crippen LogP contribution in [0.15, 0.2) is 34.9 Å². The van der Waals surface area contributed by atoms with Gasteiger partial charge in [-0.3, -0.25) is 4.90 Å². The van der Waals surface area contributed by atoms with Gasteiger partial charge >= 0.3 is 0 Å². The average Bonchev–Trinajstić information content (AvgIpc) is 3.01. The normalized spacial score (nSPS) is 19.9. The molecule has 1 atom stereocenters. The predicted molar refractivity (Wildman–Crippen MR) is 69.4 cm³/mol. The molecule has 1 aliphatic rings. The Kier molecular flexibility index (Phi) is 3.57. The average molecular weight is 259 g/mol. The minimum Gasteiger partial charge on any atom is -0.392 e. The van der Waals surface area contributed by atoms with Crippen LogP contribution in [0.2, 0.25) is 0 Å². The van der Waals surface area contributed by atoms with Crippen molar-refractivity contribution in [1.82, 2.24) is 15.0 Å². The molecule has 1 N–H and O–H groups in total. The van der Waals surface area contributed by atoms with Crippen molar-refractivity contribution in [3.8, 4) is 0 Å². The standard InChI is InChI=1S/C14H17N3O2/c18-12-6-7-17(9-12)10-14-15-13(16-19-14)8-11-4-2-1-3-5-11/h1-5,12,18H,6-10H2. The number of hydrogen-bond donors (Lipinski definition) is 1. The maximum atomic E-state index is 9.47. The van der Waals surface area contributed by atoms with Crippen molar-refractivity contribution in [2.45, 2.75) is 25.5 Å². The Morgan fingerprint density at radius 2 is 2.16 bits per heavy atom. The molecule has 5 heteroatoms. The van der Waals surface area contributed by atoms with E-state index in [1.807, 2.05) is 30.3 Å². The Morgan fingerprint density at radius 3 is 2.89 bits per heavy atom. The number of aliphatic hydroxyl groups is 1. The summed E-state index contributed by atoms with van der Waals surface area (Å²) < 4.78 is 5.25. The van der Waals surface area contributed by atoms with E-state index in [9.17, 15) is 5.11 Å². The molecule has 1 saturated heterocycles. The number of rotatable bonds is 4. The van der Waals surface area contributed by atoms with E-state index in [4.69, 9.17) is 4.52 Å². The SMILES string of the molecule is OC1CCN(Cc2nc(Cc3ccccc3)no2)C1. The van der Waals surface area contributed by atoms with Gasteiger partial charge in [0.15, 0.2) is 5.82 Å². The Labute approximate surface area is 111 Å². The number of β-amino-alcohol motifs (C(OH)–C–C–N with tert-alkyl or cyclic N) is 1. The third-order valence-corrected chi connectivity index (χ3v) is 3.32. The van der Waals surface area contributed by atoms with Crippen LogP contribution in [0, 0.1) is 0 Å². The first-order valence-corrected chi connectivity index (χ1v) is 6.55. The van der Waals surface area contributed by atoms with Gasteiger partial charge in [-0.25, -0.2) is 0 Å². The highest BCUT2D eigenvalue weighted by atomic mass is 16.5. The second kappa shape index (κ2) is 5.50.